The van der Waals surface area contributed by atoms with Crippen molar-refractivity contribution in [2.24, 2.45) is 0 Å². The fourth-order valence-corrected chi connectivity index (χ4v) is 5.97. The van der Waals surface area contributed by atoms with Crippen LogP contribution in [0.1, 0.15) is 71.0 Å². The molecule has 1 aromatic heterocycles. The third-order valence-corrected chi connectivity index (χ3v) is 8.26. The van der Waals surface area contributed by atoms with Crippen molar-refractivity contribution in [1.82, 2.24) is 10.6 Å². The van der Waals surface area contributed by atoms with Gasteiger partial charge in [0.05, 0.1) is 4.88 Å². The lowest BCUT2D eigenvalue weighted by molar-refractivity contribution is -0.0399. The van der Waals surface area contributed by atoms with Crippen LogP contribution in [0.2, 0.25) is 0 Å². The summed E-state index contributed by atoms with van der Waals surface area (Å²) in [7, 11) is 0. The number of hydrogen-bond donors (Lipinski definition) is 2. The van der Waals surface area contributed by atoms with E-state index >= 15 is 0 Å². The Bertz CT molecular complexity index is 769. The maximum atomic E-state index is 13.3. The molecule has 3 aliphatic rings. The molecule has 1 amide bonds. The highest BCUT2D eigenvalue weighted by atomic mass is 127. The molecule has 0 radical (unpaired) electrons. The van der Waals surface area contributed by atoms with Crippen molar-refractivity contribution >= 4 is 43.4 Å². The zero-order chi connectivity index (χ0) is 20.6. The molecule has 0 aromatic carbocycles. The third-order valence-electron chi connectivity index (χ3n) is 6.14. The molecular formula is C21H27F2IN2O2S. The highest BCUT2D eigenvalue weighted by Crippen LogP contribution is 2.48. The van der Waals surface area contributed by atoms with Gasteiger partial charge < -0.3 is 15.4 Å². The van der Waals surface area contributed by atoms with Crippen LogP contribution in [0, 0.1) is 0 Å². The van der Waals surface area contributed by atoms with Crippen LogP contribution in [0.25, 0.3) is 3.58 Å². The minimum atomic E-state index is -2.58. The molecule has 29 heavy (non-hydrogen) atoms. The highest BCUT2D eigenvalue weighted by molar-refractivity contribution is 14.1. The molecule has 2 N–H and O–H groups in total. The molecule has 1 saturated heterocycles. The smallest absolute Gasteiger partial charge is 0.261 e. The van der Waals surface area contributed by atoms with Crippen molar-refractivity contribution in [2.75, 3.05) is 13.2 Å². The number of halogens is 3. The molecule has 4 nitrogen and oxygen atoms in total. The van der Waals surface area contributed by atoms with E-state index in [9.17, 15) is 13.6 Å². The summed E-state index contributed by atoms with van der Waals surface area (Å²) in [5.41, 5.74) is 1.19. The summed E-state index contributed by atoms with van der Waals surface area (Å²) in [6, 6.07) is 2.78. The fraction of sp³-hybridized carbons (Fsp3) is 0.667. The maximum Gasteiger partial charge on any atom is 0.261 e. The zero-order valence-corrected chi connectivity index (χ0v) is 19.3. The van der Waals surface area contributed by atoms with Gasteiger partial charge in [0.25, 0.3) is 5.91 Å². The number of nitrogens with one attached hydrogen (secondary N) is 2. The minimum absolute atomic E-state index is 0.148. The lowest BCUT2D eigenvalue weighted by Crippen LogP contribution is -2.40. The van der Waals surface area contributed by atoms with Gasteiger partial charge in [-0.1, -0.05) is 6.58 Å². The second-order valence-corrected chi connectivity index (χ2v) is 10.8. The summed E-state index contributed by atoms with van der Waals surface area (Å²) in [4.78, 5) is 14.5. The van der Waals surface area contributed by atoms with E-state index in [4.69, 9.17) is 4.74 Å². The van der Waals surface area contributed by atoms with Crippen LogP contribution in [0.15, 0.2) is 12.6 Å². The van der Waals surface area contributed by atoms with Gasteiger partial charge >= 0.3 is 0 Å². The minimum Gasteiger partial charge on any atom is -0.381 e. The number of ether oxygens (including phenoxy) is 1. The van der Waals surface area contributed by atoms with E-state index in [0.29, 0.717) is 35.7 Å². The van der Waals surface area contributed by atoms with E-state index in [-0.39, 0.29) is 24.8 Å². The molecule has 1 aromatic rings. The highest BCUT2D eigenvalue weighted by Gasteiger charge is 2.42. The molecule has 2 heterocycles. The Balaban J connectivity index is 1.39. The second kappa shape index (κ2) is 8.88. The SMILES string of the molecule is C=C(I)c1sc(C(=O)NC2CCC(F)(F)CC2)cc1[C@H]1C[C@@H]1NC1CCOCC1. The van der Waals surface area contributed by atoms with Crippen molar-refractivity contribution in [3.8, 4) is 0 Å². The summed E-state index contributed by atoms with van der Waals surface area (Å²) < 4.78 is 33.1. The van der Waals surface area contributed by atoms with Gasteiger partial charge in [-0.25, -0.2) is 8.78 Å². The third kappa shape index (κ3) is 5.37. The van der Waals surface area contributed by atoms with Gasteiger partial charge in [-0.15, -0.1) is 11.3 Å². The van der Waals surface area contributed by atoms with E-state index in [1.54, 1.807) is 0 Å². The van der Waals surface area contributed by atoms with Crippen molar-refractivity contribution in [2.45, 2.75) is 74.9 Å². The van der Waals surface area contributed by atoms with E-state index in [1.807, 2.05) is 6.07 Å². The molecular weight excluding hydrogens is 509 g/mol. The van der Waals surface area contributed by atoms with E-state index in [0.717, 1.165) is 40.9 Å². The molecule has 0 bridgehead atoms. The second-order valence-electron chi connectivity index (χ2n) is 8.41. The molecule has 8 heteroatoms. The predicted octanol–water partition coefficient (Wildman–Crippen LogP) is 5.09. The average Bonchev–Trinajstić information content (AvgIpc) is 3.28. The van der Waals surface area contributed by atoms with Gasteiger partial charge in [-0.05, 0) is 66.3 Å². The van der Waals surface area contributed by atoms with Crippen LogP contribution in [-0.4, -0.2) is 43.2 Å². The van der Waals surface area contributed by atoms with Crippen LogP contribution >= 0.6 is 33.9 Å². The van der Waals surface area contributed by atoms with Crippen molar-refractivity contribution in [3.63, 3.8) is 0 Å². The van der Waals surface area contributed by atoms with Crippen molar-refractivity contribution < 1.29 is 18.3 Å². The van der Waals surface area contributed by atoms with Gasteiger partial charge in [0.15, 0.2) is 0 Å². The Labute approximate surface area is 188 Å². The van der Waals surface area contributed by atoms with Crippen LogP contribution in [0.3, 0.4) is 0 Å². The normalized spacial score (nSPS) is 27.6. The topological polar surface area (TPSA) is 50.4 Å². The van der Waals surface area contributed by atoms with Crippen LogP contribution in [0.5, 0.6) is 0 Å². The van der Waals surface area contributed by atoms with Crippen molar-refractivity contribution in [3.05, 3.63) is 28.0 Å². The molecule has 2 atom stereocenters. The summed E-state index contributed by atoms with van der Waals surface area (Å²) in [6.45, 7) is 5.73. The molecule has 0 unspecified atom stereocenters. The first-order valence-electron chi connectivity index (χ1n) is 10.3. The molecule has 2 aliphatic carbocycles. The summed E-state index contributed by atoms with van der Waals surface area (Å²) in [5.74, 6) is -2.32. The number of thiophene rings is 1. The largest absolute Gasteiger partial charge is 0.381 e. The molecule has 2 saturated carbocycles. The van der Waals surface area contributed by atoms with Gasteiger partial charge in [0, 0.05) is 58.6 Å². The molecule has 160 valence electrons. The number of carbonyl (C=O) groups excluding carboxylic acids is 1. The molecule has 1 aliphatic heterocycles. The molecule has 3 fully saturated rings. The summed E-state index contributed by atoms with van der Waals surface area (Å²) >= 11 is 3.68. The summed E-state index contributed by atoms with van der Waals surface area (Å²) in [5, 5.41) is 6.71. The Morgan fingerprint density at radius 2 is 1.90 bits per heavy atom. The predicted molar refractivity (Wildman–Crippen MR) is 120 cm³/mol. The van der Waals surface area contributed by atoms with E-state index in [1.165, 1.54) is 16.9 Å². The van der Waals surface area contributed by atoms with Crippen molar-refractivity contribution in [1.29, 1.82) is 0 Å². The van der Waals surface area contributed by atoms with Crippen LogP contribution < -0.4 is 10.6 Å². The zero-order valence-electron chi connectivity index (χ0n) is 16.3. The number of amides is 1. The van der Waals surface area contributed by atoms with Gasteiger partial charge in [-0.2, -0.15) is 0 Å². The molecule has 0 spiro atoms. The van der Waals surface area contributed by atoms with Crippen LogP contribution in [-0.2, 0) is 4.74 Å². The van der Waals surface area contributed by atoms with E-state index in [2.05, 4.69) is 39.8 Å². The first kappa shape index (κ1) is 21.6. The molecule has 4 rings (SSSR count). The number of rotatable bonds is 6. The van der Waals surface area contributed by atoms with Gasteiger partial charge in [-0.3, -0.25) is 4.79 Å². The van der Waals surface area contributed by atoms with Crippen LogP contribution in [0.4, 0.5) is 8.78 Å². The van der Waals surface area contributed by atoms with Gasteiger partial charge in [0.1, 0.15) is 0 Å². The fourth-order valence-electron chi connectivity index (χ4n) is 4.34. The lowest BCUT2D eigenvalue weighted by Gasteiger charge is -2.28. The quantitative estimate of drug-likeness (QED) is 0.499. The number of alkyl halides is 2. The Morgan fingerprint density at radius 3 is 2.55 bits per heavy atom. The first-order chi connectivity index (χ1) is 13.8. The standard InChI is InChI=1S/C21H27F2IN2O2S/c1-12(24)19-16(15-10-17(15)25-14-4-8-28-9-5-14)11-18(29-19)20(27)26-13-2-6-21(22,23)7-3-13/h11,13-15,17,25H,1-10H2,(H,26,27)/t15-,17+/m1/s1. The Kier molecular flexibility index (Phi) is 6.63. The summed E-state index contributed by atoms with van der Waals surface area (Å²) in [6.07, 6.45) is 3.55. The Morgan fingerprint density at radius 1 is 1.21 bits per heavy atom. The maximum absolute atomic E-state index is 13.3. The van der Waals surface area contributed by atoms with Gasteiger partial charge in [0.2, 0.25) is 5.92 Å². The average molecular weight is 536 g/mol. The first-order valence-corrected chi connectivity index (χ1v) is 12.2. The van der Waals surface area contributed by atoms with E-state index < -0.39 is 5.92 Å². The number of carbonyl (C=O) groups is 1. The monoisotopic (exact) mass is 536 g/mol. The number of hydrogen-bond acceptors (Lipinski definition) is 4. The Hall–Kier alpha value is -0.580. The lowest BCUT2D eigenvalue weighted by atomic mass is 9.92.